The normalized spacial score (nSPS) is 18.1. The summed E-state index contributed by atoms with van der Waals surface area (Å²) in [5, 5.41) is 10.0. The number of nitrogens with one attached hydrogen (secondary N) is 1. The highest BCUT2D eigenvalue weighted by Crippen LogP contribution is 2.28. The maximum atomic E-state index is 12.6. The molecule has 1 fully saturated rings. The molecule has 0 unspecified atom stereocenters. The van der Waals surface area contributed by atoms with Gasteiger partial charge < -0.3 is 14.7 Å². The number of phenolic OH excluding ortho intramolecular Hbond substituents is 1. The van der Waals surface area contributed by atoms with Gasteiger partial charge in [-0.25, -0.2) is 4.98 Å². The molecule has 1 aromatic heterocycles. The number of hydrogen-bond donors (Lipinski definition) is 2. The van der Waals surface area contributed by atoms with Crippen molar-refractivity contribution in [1.29, 1.82) is 0 Å². The summed E-state index contributed by atoms with van der Waals surface area (Å²) in [7, 11) is 1.54. The van der Waals surface area contributed by atoms with Crippen molar-refractivity contribution in [2.24, 2.45) is 5.92 Å². The molecule has 2 aliphatic heterocycles. The first-order chi connectivity index (χ1) is 13.5. The molecule has 7 nitrogen and oxygen atoms in total. The highest BCUT2D eigenvalue weighted by Gasteiger charge is 2.24. The number of aromatic amines is 1. The molecular weight excluding hydrogens is 356 g/mol. The highest BCUT2D eigenvalue weighted by atomic mass is 16.5. The van der Waals surface area contributed by atoms with Crippen molar-refractivity contribution in [2.75, 3.05) is 31.6 Å². The van der Waals surface area contributed by atoms with Crippen molar-refractivity contribution in [2.45, 2.75) is 39.3 Å². The molecule has 28 heavy (non-hydrogen) atoms. The van der Waals surface area contributed by atoms with E-state index in [0.717, 1.165) is 55.2 Å². The Balaban J connectivity index is 1.51. The molecule has 2 aliphatic rings. The molecular formula is C21H28N4O3. The first kappa shape index (κ1) is 18.8. The number of ether oxygens (including phenoxy) is 1. The number of phenols is 1. The molecule has 150 valence electrons. The van der Waals surface area contributed by atoms with Crippen LogP contribution < -0.4 is 15.2 Å². The van der Waals surface area contributed by atoms with Crippen LogP contribution in [0.1, 0.15) is 36.6 Å². The molecule has 0 spiro atoms. The molecule has 7 heteroatoms. The van der Waals surface area contributed by atoms with Gasteiger partial charge in [0.05, 0.1) is 12.8 Å². The lowest BCUT2D eigenvalue weighted by molar-refractivity contribution is 0.240. The van der Waals surface area contributed by atoms with Gasteiger partial charge >= 0.3 is 0 Å². The minimum absolute atomic E-state index is 0.000337. The molecule has 0 bridgehead atoms. The quantitative estimate of drug-likeness (QED) is 0.842. The lowest BCUT2D eigenvalue weighted by Crippen LogP contribution is -2.39. The molecule has 1 saturated heterocycles. The van der Waals surface area contributed by atoms with E-state index in [0.29, 0.717) is 31.2 Å². The van der Waals surface area contributed by atoms with E-state index < -0.39 is 0 Å². The smallest absolute Gasteiger partial charge is 0.255 e. The van der Waals surface area contributed by atoms with Crippen LogP contribution >= 0.6 is 0 Å². The first-order valence-corrected chi connectivity index (χ1v) is 9.98. The number of benzene rings is 1. The van der Waals surface area contributed by atoms with Gasteiger partial charge in [0.2, 0.25) is 5.95 Å². The van der Waals surface area contributed by atoms with E-state index in [-0.39, 0.29) is 11.3 Å². The fourth-order valence-electron chi connectivity index (χ4n) is 4.08. The Morgan fingerprint density at radius 2 is 2.07 bits per heavy atom. The summed E-state index contributed by atoms with van der Waals surface area (Å²) in [6.45, 7) is 6.29. The Labute approximate surface area is 165 Å². The molecule has 4 rings (SSSR count). The summed E-state index contributed by atoms with van der Waals surface area (Å²) in [5.74, 6) is 2.06. The van der Waals surface area contributed by atoms with Crippen molar-refractivity contribution in [3.05, 3.63) is 45.4 Å². The predicted octanol–water partition coefficient (Wildman–Crippen LogP) is 2.28. The number of hydrogen-bond acceptors (Lipinski definition) is 6. The summed E-state index contributed by atoms with van der Waals surface area (Å²) in [6, 6.07) is 5.47. The maximum absolute atomic E-state index is 12.6. The lowest BCUT2D eigenvalue weighted by atomic mass is 9.99. The standard InChI is InChI=1S/C21H28N4O3/c1-14-5-9-25(10-6-14)21-22-17-13-24(8-7-16(17)20(27)23-21)12-15-3-4-19(28-2)18(26)11-15/h3-4,11,14,26H,5-10,12-13H2,1-2H3,(H,22,23,27). The van der Waals surface area contributed by atoms with Gasteiger partial charge in [0.1, 0.15) is 0 Å². The number of rotatable bonds is 4. The highest BCUT2D eigenvalue weighted by molar-refractivity contribution is 5.42. The average Bonchev–Trinajstić information content (AvgIpc) is 2.68. The monoisotopic (exact) mass is 384 g/mol. The summed E-state index contributed by atoms with van der Waals surface area (Å²) in [4.78, 5) is 24.9. The Hall–Kier alpha value is -2.54. The topological polar surface area (TPSA) is 81.7 Å². The molecule has 0 radical (unpaired) electrons. The number of fused-ring (bicyclic) bond motifs is 1. The molecule has 2 aromatic rings. The van der Waals surface area contributed by atoms with Gasteiger partial charge in [-0.15, -0.1) is 0 Å². The van der Waals surface area contributed by atoms with E-state index in [1.807, 2.05) is 6.07 Å². The molecule has 0 saturated carbocycles. The summed E-state index contributed by atoms with van der Waals surface area (Å²) in [6.07, 6.45) is 2.96. The van der Waals surface area contributed by atoms with E-state index in [1.54, 1.807) is 19.2 Å². The van der Waals surface area contributed by atoms with Gasteiger partial charge in [0, 0.05) is 38.3 Å². The van der Waals surface area contributed by atoms with Crippen LogP contribution in [0.2, 0.25) is 0 Å². The number of anilines is 1. The van der Waals surface area contributed by atoms with Crippen LogP contribution in [-0.4, -0.2) is 46.7 Å². The fourth-order valence-corrected chi connectivity index (χ4v) is 4.08. The van der Waals surface area contributed by atoms with Gasteiger partial charge in [-0.3, -0.25) is 14.7 Å². The van der Waals surface area contributed by atoms with Crippen molar-refractivity contribution < 1.29 is 9.84 Å². The Kier molecular flexibility index (Phi) is 5.26. The maximum Gasteiger partial charge on any atom is 0.255 e. The van der Waals surface area contributed by atoms with Gasteiger partial charge in [0.25, 0.3) is 5.56 Å². The second-order valence-corrected chi connectivity index (χ2v) is 7.95. The van der Waals surface area contributed by atoms with Crippen LogP contribution in [0.3, 0.4) is 0 Å². The molecule has 0 aliphatic carbocycles. The first-order valence-electron chi connectivity index (χ1n) is 9.98. The zero-order chi connectivity index (χ0) is 19.7. The van der Waals surface area contributed by atoms with Crippen molar-refractivity contribution in [1.82, 2.24) is 14.9 Å². The number of aromatic hydroxyl groups is 1. The van der Waals surface area contributed by atoms with E-state index in [1.165, 1.54) is 0 Å². The second kappa shape index (κ2) is 7.83. The predicted molar refractivity (Wildman–Crippen MR) is 108 cm³/mol. The molecule has 1 aromatic carbocycles. The van der Waals surface area contributed by atoms with Crippen LogP contribution in [-0.2, 0) is 19.5 Å². The summed E-state index contributed by atoms with van der Waals surface area (Å²) in [5.41, 5.74) is 2.70. The zero-order valence-corrected chi connectivity index (χ0v) is 16.6. The van der Waals surface area contributed by atoms with Crippen molar-refractivity contribution in [3.8, 4) is 11.5 Å². The summed E-state index contributed by atoms with van der Waals surface area (Å²) >= 11 is 0. The third-order valence-electron chi connectivity index (χ3n) is 5.87. The average molecular weight is 384 g/mol. The minimum atomic E-state index is 0.000337. The molecule has 0 amide bonds. The van der Waals surface area contributed by atoms with Crippen molar-refractivity contribution in [3.63, 3.8) is 0 Å². The van der Waals surface area contributed by atoms with E-state index >= 15 is 0 Å². The van der Waals surface area contributed by atoms with Gasteiger partial charge in [0.15, 0.2) is 11.5 Å². The van der Waals surface area contributed by atoms with Gasteiger partial charge in [-0.1, -0.05) is 13.0 Å². The minimum Gasteiger partial charge on any atom is -0.504 e. The SMILES string of the molecule is COc1ccc(CN2CCc3c(nc(N4CCC(C)CC4)[nH]c3=O)C2)cc1O. The number of aromatic nitrogens is 2. The van der Waals surface area contributed by atoms with Gasteiger partial charge in [-0.2, -0.15) is 0 Å². The number of piperidine rings is 1. The van der Waals surface area contributed by atoms with E-state index in [2.05, 4.69) is 21.7 Å². The van der Waals surface area contributed by atoms with E-state index in [4.69, 9.17) is 9.72 Å². The Morgan fingerprint density at radius 3 is 2.79 bits per heavy atom. The largest absolute Gasteiger partial charge is 0.504 e. The number of H-pyrrole nitrogens is 1. The zero-order valence-electron chi connectivity index (χ0n) is 16.6. The second-order valence-electron chi connectivity index (χ2n) is 7.95. The molecule has 3 heterocycles. The summed E-state index contributed by atoms with van der Waals surface area (Å²) < 4.78 is 5.11. The van der Waals surface area contributed by atoms with E-state index in [9.17, 15) is 9.90 Å². The molecule has 0 atom stereocenters. The third-order valence-corrected chi connectivity index (χ3v) is 5.87. The van der Waals surface area contributed by atoms with Crippen molar-refractivity contribution >= 4 is 5.95 Å². The number of methoxy groups -OCH3 is 1. The van der Waals surface area contributed by atoms with Crippen LogP contribution in [0.4, 0.5) is 5.95 Å². The Morgan fingerprint density at radius 1 is 1.29 bits per heavy atom. The number of nitrogens with zero attached hydrogens (tertiary/aromatic N) is 3. The van der Waals surface area contributed by atoms with Crippen LogP contribution in [0.5, 0.6) is 11.5 Å². The van der Waals surface area contributed by atoms with Crippen LogP contribution in [0.15, 0.2) is 23.0 Å². The third kappa shape index (κ3) is 3.85. The molecule has 2 N–H and O–H groups in total. The van der Waals surface area contributed by atoms with Crippen LogP contribution in [0, 0.1) is 5.92 Å². The lowest BCUT2D eigenvalue weighted by Gasteiger charge is -2.32. The van der Waals surface area contributed by atoms with Gasteiger partial charge in [-0.05, 0) is 42.9 Å². The van der Waals surface area contributed by atoms with Crippen LogP contribution in [0.25, 0.3) is 0 Å². The Bertz CT molecular complexity index is 903. The fraction of sp³-hybridized carbons (Fsp3) is 0.524.